The molecule has 1 aliphatic rings. The standard InChI is InChI=1S/C12H16O/c13-12-9-5-4-8-11(12)10-6-2-1-3-7-10/h1-3,6-7,11-13H,4-5,8-9H2. The van der Waals surface area contributed by atoms with Crippen molar-refractivity contribution < 1.29 is 5.11 Å². The third-order valence-electron chi connectivity index (χ3n) is 2.96. The van der Waals surface area contributed by atoms with Gasteiger partial charge in [0.05, 0.1) is 6.10 Å². The van der Waals surface area contributed by atoms with Crippen LogP contribution >= 0.6 is 0 Å². The molecular weight excluding hydrogens is 160 g/mol. The largest absolute Gasteiger partial charge is 0.392 e. The fourth-order valence-electron chi connectivity index (χ4n) is 2.20. The van der Waals surface area contributed by atoms with Crippen LogP contribution in [0.25, 0.3) is 0 Å². The maximum Gasteiger partial charge on any atom is 0.0608 e. The highest BCUT2D eigenvalue weighted by Gasteiger charge is 2.23. The normalized spacial score (nSPS) is 28.7. The highest BCUT2D eigenvalue weighted by atomic mass is 16.3. The Hall–Kier alpha value is -0.820. The molecule has 0 heterocycles. The van der Waals surface area contributed by atoms with E-state index in [1.54, 1.807) is 0 Å². The first-order chi connectivity index (χ1) is 6.38. The Labute approximate surface area is 79.4 Å². The molecule has 1 nitrogen and oxygen atoms in total. The summed E-state index contributed by atoms with van der Waals surface area (Å²) < 4.78 is 0. The lowest BCUT2D eigenvalue weighted by Crippen LogP contribution is -2.22. The molecule has 0 radical (unpaired) electrons. The van der Waals surface area contributed by atoms with Crippen LogP contribution in [0.2, 0.25) is 0 Å². The van der Waals surface area contributed by atoms with E-state index in [0.717, 1.165) is 12.8 Å². The van der Waals surface area contributed by atoms with Crippen molar-refractivity contribution in [2.75, 3.05) is 0 Å². The molecule has 2 atom stereocenters. The van der Waals surface area contributed by atoms with E-state index >= 15 is 0 Å². The van der Waals surface area contributed by atoms with Gasteiger partial charge in [0.15, 0.2) is 0 Å². The molecule has 0 aliphatic heterocycles. The molecule has 0 spiro atoms. The van der Waals surface area contributed by atoms with Crippen LogP contribution in [0.3, 0.4) is 0 Å². The summed E-state index contributed by atoms with van der Waals surface area (Å²) >= 11 is 0. The molecule has 2 unspecified atom stereocenters. The summed E-state index contributed by atoms with van der Waals surface area (Å²) in [4.78, 5) is 0. The number of aliphatic hydroxyl groups is 1. The molecule has 13 heavy (non-hydrogen) atoms. The van der Waals surface area contributed by atoms with Crippen LogP contribution < -0.4 is 0 Å². The Kier molecular flexibility index (Phi) is 2.65. The first-order valence-electron chi connectivity index (χ1n) is 5.11. The molecule has 2 rings (SSSR count). The second kappa shape index (κ2) is 3.93. The zero-order valence-corrected chi connectivity index (χ0v) is 7.82. The molecule has 0 saturated heterocycles. The summed E-state index contributed by atoms with van der Waals surface area (Å²) in [5.74, 6) is 0.384. The van der Waals surface area contributed by atoms with Gasteiger partial charge in [-0.1, -0.05) is 43.2 Å². The molecule has 1 saturated carbocycles. The van der Waals surface area contributed by atoms with E-state index in [1.807, 2.05) is 6.07 Å². The molecule has 1 aliphatic carbocycles. The zero-order chi connectivity index (χ0) is 9.10. The van der Waals surface area contributed by atoms with Crippen LogP contribution in [0.4, 0.5) is 0 Å². The van der Waals surface area contributed by atoms with Gasteiger partial charge in [0.1, 0.15) is 0 Å². The van der Waals surface area contributed by atoms with E-state index in [9.17, 15) is 5.11 Å². The maximum atomic E-state index is 9.82. The van der Waals surface area contributed by atoms with Crippen molar-refractivity contribution in [3.05, 3.63) is 35.9 Å². The molecule has 1 N–H and O–H groups in total. The lowest BCUT2D eigenvalue weighted by atomic mass is 9.82. The minimum atomic E-state index is -0.115. The van der Waals surface area contributed by atoms with Crippen LogP contribution in [0.1, 0.15) is 37.2 Å². The third kappa shape index (κ3) is 1.92. The summed E-state index contributed by atoms with van der Waals surface area (Å²) in [6, 6.07) is 10.4. The van der Waals surface area contributed by atoms with E-state index in [-0.39, 0.29) is 6.10 Å². The van der Waals surface area contributed by atoms with Crippen LogP contribution in [-0.2, 0) is 0 Å². The van der Waals surface area contributed by atoms with Crippen molar-refractivity contribution in [2.45, 2.75) is 37.7 Å². The number of hydrogen-bond donors (Lipinski definition) is 1. The van der Waals surface area contributed by atoms with Gasteiger partial charge in [0.2, 0.25) is 0 Å². The second-order valence-corrected chi connectivity index (χ2v) is 3.87. The van der Waals surface area contributed by atoms with E-state index < -0.39 is 0 Å². The maximum absolute atomic E-state index is 9.82. The van der Waals surface area contributed by atoms with Crippen LogP contribution in [0.5, 0.6) is 0 Å². The van der Waals surface area contributed by atoms with Crippen molar-refractivity contribution in [3.8, 4) is 0 Å². The minimum absolute atomic E-state index is 0.115. The van der Waals surface area contributed by atoms with Gasteiger partial charge in [-0.15, -0.1) is 0 Å². The van der Waals surface area contributed by atoms with Gasteiger partial charge in [0.25, 0.3) is 0 Å². The van der Waals surface area contributed by atoms with Crippen molar-refractivity contribution in [3.63, 3.8) is 0 Å². The molecule has 0 amide bonds. The van der Waals surface area contributed by atoms with Crippen LogP contribution in [0, 0.1) is 0 Å². The van der Waals surface area contributed by atoms with Crippen molar-refractivity contribution in [2.24, 2.45) is 0 Å². The Bertz CT molecular complexity index is 255. The summed E-state index contributed by atoms with van der Waals surface area (Å²) in [5, 5.41) is 9.82. The van der Waals surface area contributed by atoms with E-state index in [4.69, 9.17) is 0 Å². The molecule has 1 fully saturated rings. The van der Waals surface area contributed by atoms with Crippen molar-refractivity contribution >= 4 is 0 Å². The van der Waals surface area contributed by atoms with Gasteiger partial charge in [-0.25, -0.2) is 0 Å². The second-order valence-electron chi connectivity index (χ2n) is 3.87. The summed E-state index contributed by atoms with van der Waals surface area (Å²) in [6.07, 6.45) is 4.45. The lowest BCUT2D eigenvalue weighted by Gasteiger charge is -2.27. The SMILES string of the molecule is OC1CCCCC1c1ccccc1. The summed E-state index contributed by atoms with van der Waals surface area (Å²) in [6.45, 7) is 0. The summed E-state index contributed by atoms with van der Waals surface area (Å²) in [5.41, 5.74) is 1.30. The average Bonchev–Trinajstić information content (AvgIpc) is 2.20. The molecule has 1 aromatic carbocycles. The highest BCUT2D eigenvalue weighted by Crippen LogP contribution is 2.32. The predicted molar refractivity (Wildman–Crippen MR) is 53.7 cm³/mol. The summed E-state index contributed by atoms with van der Waals surface area (Å²) in [7, 11) is 0. The molecule has 1 aromatic rings. The highest BCUT2D eigenvalue weighted by molar-refractivity contribution is 5.21. The monoisotopic (exact) mass is 176 g/mol. The fourth-order valence-corrected chi connectivity index (χ4v) is 2.20. The molecule has 0 aromatic heterocycles. The van der Waals surface area contributed by atoms with E-state index in [0.29, 0.717) is 5.92 Å². The minimum Gasteiger partial charge on any atom is -0.392 e. The first-order valence-corrected chi connectivity index (χ1v) is 5.11. The van der Waals surface area contributed by atoms with Gasteiger partial charge >= 0.3 is 0 Å². The fraction of sp³-hybridized carbons (Fsp3) is 0.500. The molecule has 0 bridgehead atoms. The third-order valence-corrected chi connectivity index (χ3v) is 2.96. The van der Waals surface area contributed by atoms with Gasteiger partial charge in [0, 0.05) is 5.92 Å². The Morgan fingerprint density at radius 1 is 1.00 bits per heavy atom. The Morgan fingerprint density at radius 3 is 2.38 bits per heavy atom. The van der Waals surface area contributed by atoms with Gasteiger partial charge in [-0.05, 0) is 18.4 Å². The molecule has 1 heteroatoms. The van der Waals surface area contributed by atoms with E-state index in [2.05, 4.69) is 24.3 Å². The van der Waals surface area contributed by atoms with Gasteiger partial charge in [-0.2, -0.15) is 0 Å². The zero-order valence-electron chi connectivity index (χ0n) is 7.82. The van der Waals surface area contributed by atoms with Gasteiger partial charge in [-0.3, -0.25) is 0 Å². The number of aliphatic hydroxyl groups excluding tert-OH is 1. The number of hydrogen-bond acceptors (Lipinski definition) is 1. The van der Waals surface area contributed by atoms with Gasteiger partial charge < -0.3 is 5.11 Å². The number of rotatable bonds is 1. The lowest BCUT2D eigenvalue weighted by molar-refractivity contribution is 0.106. The smallest absolute Gasteiger partial charge is 0.0608 e. The van der Waals surface area contributed by atoms with E-state index in [1.165, 1.54) is 18.4 Å². The quantitative estimate of drug-likeness (QED) is 0.697. The predicted octanol–water partition coefficient (Wildman–Crippen LogP) is 2.71. The Balaban J connectivity index is 2.15. The van der Waals surface area contributed by atoms with Crippen molar-refractivity contribution in [1.82, 2.24) is 0 Å². The molecular formula is C12H16O. The first kappa shape index (κ1) is 8.76. The van der Waals surface area contributed by atoms with Crippen molar-refractivity contribution in [1.29, 1.82) is 0 Å². The van der Waals surface area contributed by atoms with Crippen LogP contribution in [0.15, 0.2) is 30.3 Å². The van der Waals surface area contributed by atoms with Crippen LogP contribution in [-0.4, -0.2) is 11.2 Å². The molecule has 70 valence electrons. The average molecular weight is 176 g/mol. The topological polar surface area (TPSA) is 20.2 Å². The number of benzene rings is 1. The Morgan fingerprint density at radius 2 is 1.69 bits per heavy atom.